The maximum absolute atomic E-state index is 5.78. The van der Waals surface area contributed by atoms with Gasteiger partial charge in [-0.05, 0) is 24.7 Å². The Kier molecular flexibility index (Phi) is 3.64. The van der Waals surface area contributed by atoms with Gasteiger partial charge in [-0.25, -0.2) is 0 Å². The minimum atomic E-state index is 0.382. The van der Waals surface area contributed by atoms with E-state index in [4.69, 9.17) is 5.73 Å². The van der Waals surface area contributed by atoms with Gasteiger partial charge in [0.05, 0.1) is 0 Å². The monoisotopic (exact) mass is 155 g/mol. The molecule has 0 rings (SSSR count). The number of rotatable bonds is 2. The first kappa shape index (κ1) is 10.5. The van der Waals surface area contributed by atoms with Crippen LogP contribution in [0.4, 0.5) is 0 Å². The summed E-state index contributed by atoms with van der Waals surface area (Å²) in [5, 5.41) is 0. The highest BCUT2D eigenvalue weighted by molar-refractivity contribution is 4.99. The lowest BCUT2D eigenvalue weighted by Gasteiger charge is -2.23. The zero-order valence-corrected chi connectivity index (χ0v) is 8.44. The Bertz CT molecular complexity index is 139. The molecule has 0 aliphatic heterocycles. The van der Waals surface area contributed by atoms with E-state index in [-0.39, 0.29) is 0 Å². The second-order valence-electron chi connectivity index (χ2n) is 4.45. The maximum atomic E-state index is 5.78. The smallest absolute Gasteiger partial charge is 0.00661 e. The molecule has 11 heavy (non-hydrogen) atoms. The average Bonchev–Trinajstić information content (AvgIpc) is 1.82. The van der Waals surface area contributed by atoms with Crippen molar-refractivity contribution in [1.82, 2.24) is 0 Å². The molecule has 66 valence electrons. The third-order valence-electron chi connectivity index (χ3n) is 1.82. The van der Waals surface area contributed by atoms with Crippen LogP contribution in [0.25, 0.3) is 0 Å². The molecule has 0 aromatic heterocycles. The van der Waals surface area contributed by atoms with E-state index in [1.807, 2.05) is 13.0 Å². The van der Waals surface area contributed by atoms with Gasteiger partial charge in [-0.2, -0.15) is 0 Å². The maximum Gasteiger partial charge on any atom is 0.00661 e. The molecule has 2 N–H and O–H groups in total. The second kappa shape index (κ2) is 3.80. The first-order valence-corrected chi connectivity index (χ1v) is 4.28. The van der Waals surface area contributed by atoms with Crippen LogP contribution >= 0.6 is 0 Å². The van der Waals surface area contributed by atoms with Crippen LogP contribution in [0.5, 0.6) is 0 Å². The Morgan fingerprint density at radius 1 is 1.45 bits per heavy atom. The van der Waals surface area contributed by atoms with Gasteiger partial charge >= 0.3 is 0 Å². The first-order valence-electron chi connectivity index (χ1n) is 4.28. The average molecular weight is 155 g/mol. The molecule has 1 heteroatoms. The fourth-order valence-electron chi connectivity index (χ4n) is 1.32. The number of allylic oxidation sites excluding steroid dienone is 2. The molecule has 0 aromatic rings. The summed E-state index contributed by atoms with van der Waals surface area (Å²) in [5.74, 6) is 0.514. The van der Waals surface area contributed by atoms with E-state index in [1.54, 1.807) is 0 Å². The molecule has 0 spiro atoms. The standard InChI is InChI=1S/C10H21N/c1-6-9(11)8(2)7-10(3,4)5/h6,8H,7,11H2,1-5H3/b9-6+. The van der Waals surface area contributed by atoms with Crippen LogP contribution in [0.15, 0.2) is 11.8 Å². The van der Waals surface area contributed by atoms with E-state index in [1.165, 1.54) is 0 Å². The minimum Gasteiger partial charge on any atom is -0.402 e. The zero-order valence-electron chi connectivity index (χ0n) is 8.44. The quantitative estimate of drug-likeness (QED) is 0.652. The molecule has 0 saturated carbocycles. The number of hydrogen-bond donors (Lipinski definition) is 1. The second-order valence-corrected chi connectivity index (χ2v) is 4.45. The molecule has 0 radical (unpaired) electrons. The topological polar surface area (TPSA) is 26.0 Å². The van der Waals surface area contributed by atoms with Gasteiger partial charge in [-0.15, -0.1) is 0 Å². The van der Waals surface area contributed by atoms with E-state index in [2.05, 4.69) is 27.7 Å². The summed E-state index contributed by atoms with van der Waals surface area (Å²) in [6.45, 7) is 10.9. The lowest BCUT2D eigenvalue weighted by molar-refractivity contribution is 0.328. The van der Waals surface area contributed by atoms with Gasteiger partial charge in [0.1, 0.15) is 0 Å². The van der Waals surface area contributed by atoms with Crippen molar-refractivity contribution < 1.29 is 0 Å². The summed E-state index contributed by atoms with van der Waals surface area (Å²) in [5.41, 5.74) is 7.18. The number of nitrogens with two attached hydrogens (primary N) is 1. The van der Waals surface area contributed by atoms with E-state index < -0.39 is 0 Å². The molecule has 1 nitrogen and oxygen atoms in total. The predicted molar refractivity (Wildman–Crippen MR) is 51.2 cm³/mol. The summed E-state index contributed by atoms with van der Waals surface area (Å²) < 4.78 is 0. The summed E-state index contributed by atoms with van der Waals surface area (Å²) in [4.78, 5) is 0. The lowest BCUT2D eigenvalue weighted by Crippen LogP contribution is -2.16. The van der Waals surface area contributed by atoms with Crippen molar-refractivity contribution in [1.29, 1.82) is 0 Å². The summed E-state index contributed by atoms with van der Waals surface area (Å²) in [6.07, 6.45) is 3.15. The molecule has 1 unspecified atom stereocenters. The Hall–Kier alpha value is -0.460. The van der Waals surface area contributed by atoms with Crippen molar-refractivity contribution >= 4 is 0 Å². The van der Waals surface area contributed by atoms with Gasteiger partial charge in [-0.3, -0.25) is 0 Å². The Balaban J connectivity index is 3.98. The first-order chi connectivity index (χ1) is 4.87. The summed E-state index contributed by atoms with van der Waals surface area (Å²) in [6, 6.07) is 0. The fourth-order valence-corrected chi connectivity index (χ4v) is 1.32. The van der Waals surface area contributed by atoms with Crippen LogP contribution in [-0.4, -0.2) is 0 Å². The van der Waals surface area contributed by atoms with Crippen molar-refractivity contribution in [2.45, 2.75) is 41.0 Å². The molecule has 0 aliphatic carbocycles. The molecular formula is C10H21N. The van der Waals surface area contributed by atoms with Crippen LogP contribution in [0.3, 0.4) is 0 Å². The fraction of sp³-hybridized carbons (Fsp3) is 0.800. The summed E-state index contributed by atoms with van der Waals surface area (Å²) in [7, 11) is 0. The van der Waals surface area contributed by atoms with Gasteiger partial charge in [0, 0.05) is 5.70 Å². The molecule has 0 aromatic carbocycles. The van der Waals surface area contributed by atoms with Crippen LogP contribution in [0.1, 0.15) is 41.0 Å². The van der Waals surface area contributed by atoms with Crippen LogP contribution < -0.4 is 5.73 Å². The van der Waals surface area contributed by atoms with Gasteiger partial charge in [-0.1, -0.05) is 33.8 Å². The van der Waals surface area contributed by atoms with Gasteiger partial charge in [0.15, 0.2) is 0 Å². The molecule has 0 fully saturated rings. The summed E-state index contributed by atoms with van der Waals surface area (Å²) >= 11 is 0. The van der Waals surface area contributed by atoms with Crippen molar-refractivity contribution in [3.05, 3.63) is 11.8 Å². The Labute approximate surface area is 70.7 Å². The highest BCUT2D eigenvalue weighted by Gasteiger charge is 2.15. The highest BCUT2D eigenvalue weighted by atomic mass is 14.6. The molecule has 0 aliphatic rings. The largest absolute Gasteiger partial charge is 0.402 e. The van der Waals surface area contributed by atoms with Gasteiger partial charge in [0.2, 0.25) is 0 Å². The van der Waals surface area contributed by atoms with Crippen LogP contribution in [0, 0.1) is 11.3 Å². The third kappa shape index (κ3) is 4.88. The zero-order chi connectivity index (χ0) is 9.07. The molecule has 1 atom stereocenters. The molecule has 0 heterocycles. The van der Waals surface area contributed by atoms with Crippen molar-refractivity contribution in [2.24, 2.45) is 17.1 Å². The third-order valence-corrected chi connectivity index (χ3v) is 1.82. The van der Waals surface area contributed by atoms with Gasteiger partial charge < -0.3 is 5.73 Å². The van der Waals surface area contributed by atoms with Crippen LogP contribution in [0.2, 0.25) is 0 Å². The Morgan fingerprint density at radius 2 is 1.91 bits per heavy atom. The highest BCUT2D eigenvalue weighted by Crippen LogP contribution is 2.26. The normalized spacial score (nSPS) is 16.6. The lowest BCUT2D eigenvalue weighted by atomic mass is 9.84. The molecular weight excluding hydrogens is 134 g/mol. The Morgan fingerprint density at radius 3 is 2.18 bits per heavy atom. The van der Waals surface area contributed by atoms with E-state index >= 15 is 0 Å². The SMILES string of the molecule is C/C=C(/N)C(C)CC(C)(C)C. The molecule has 0 bridgehead atoms. The van der Waals surface area contributed by atoms with Crippen molar-refractivity contribution in [2.75, 3.05) is 0 Å². The molecule has 0 saturated heterocycles. The minimum absolute atomic E-state index is 0.382. The predicted octanol–water partition coefficient (Wildman–Crippen LogP) is 2.92. The van der Waals surface area contributed by atoms with Crippen molar-refractivity contribution in [3.8, 4) is 0 Å². The van der Waals surface area contributed by atoms with E-state index in [9.17, 15) is 0 Å². The van der Waals surface area contributed by atoms with Crippen LogP contribution in [-0.2, 0) is 0 Å². The van der Waals surface area contributed by atoms with Gasteiger partial charge in [0.25, 0.3) is 0 Å². The number of hydrogen-bond acceptors (Lipinski definition) is 1. The van der Waals surface area contributed by atoms with E-state index in [0.717, 1.165) is 12.1 Å². The van der Waals surface area contributed by atoms with E-state index in [0.29, 0.717) is 11.3 Å². The van der Waals surface area contributed by atoms with Crippen molar-refractivity contribution in [3.63, 3.8) is 0 Å². The molecule has 0 amide bonds.